The Morgan fingerprint density at radius 2 is 1.92 bits per heavy atom. The van der Waals surface area contributed by atoms with Crippen molar-refractivity contribution in [3.8, 4) is 0 Å². The van der Waals surface area contributed by atoms with Crippen molar-refractivity contribution in [1.29, 1.82) is 0 Å². The van der Waals surface area contributed by atoms with E-state index in [-0.39, 0.29) is 30.0 Å². The zero-order valence-corrected chi connectivity index (χ0v) is 13.7. The van der Waals surface area contributed by atoms with Crippen LogP contribution in [0.3, 0.4) is 0 Å². The number of carbonyl (C=O) groups excluding carboxylic acids is 2. The van der Waals surface area contributed by atoms with Gasteiger partial charge in [0.2, 0.25) is 0 Å². The summed E-state index contributed by atoms with van der Waals surface area (Å²) in [5, 5.41) is 2.15. The molecule has 5 nitrogen and oxygen atoms in total. The van der Waals surface area contributed by atoms with E-state index in [1.165, 1.54) is 18.2 Å². The van der Waals surface area contributed by atoms with Gasteiger partial charge < -0.3 is 10.1 Å². The lowest BCUT2D eigenvalue weighted by atomic mass is 10.0. The molecule has 1 aromatic carbocycles. The standard InChI is InChI=1S/C17H17F3N2O3/c1-10(2)25-14(23)7-8-21-16(24)12-9-22-13-6-4-3-5-11(13)15(12)17(18,19)20/h3-6,9-10H,7-8H2,1-2H3,(H,21,24). The highest BCUT2D eigenvalue weighted by Crippen LogP contribution is 2.36. The number of aromatic nitrogens is 1. The molecular weight excluding hydrogens is 337 g/mol. The molecule has 25 heavy (non-hydrogen) atoms. The van der Waals surface area contributed by atoms with Crippen LogP contribution in [0.25, 0.3) is 10.9 Å². The predicted molar refractivity (Wildman–Crippen MR) is 84.9 cm³/mol. The number of hydrogen-bond acceptors (Lipinski definition) is 4. The van der Waals surface area contributed by atoms with Crippen LogP contribution in [-0.2, 0) is 15.7 Å². The van der Waals surface area contributed by atoms with Gasteiger partial charge in [-0.2, -0.15) is 13.2 Å². The lowest BCUT2D eigenvalue weighted by molar-refractivity contribution is -0.147. The van der Waals surface area contributed by atoms with Crippen molar-refractivity contribution in [2.45, 2.75) is 32.5 Å². The number of ether oxygens (including phenoxy) is 1. The number of amides is 1. The van der Waals surface area contributed by atoms with E-state index in [2.05, 4.69) is 10.3 Å². The first-order valence-corrected chi connectivity index (χ1v) is 7.62. The van der Waals surface area contributed by atoms with E-state index in [0.717, 1.165) is 6.20 Å². The van der Waals surface area contributed by atoms with Gasteiger partial charge in [-0.05, 0) is 19.9 Å². The summed E-state index contributed by atoms with van der Waals surface area (Å²) in [7, 11) is 0. The Kier molecular flexibility index (Phi) is 5.61. The summed E-state index contributed by atoms with van der Waals surface area (Å²) >= 11 is 0. The number of nitrogens with one attached hydrogen (secondary N) is 1. The van der Waals surface area contributed by atoms with Crippen molar-refractivity contribution < 1.29 is 27.5 Å². The molecule has 0 aliphatic rings. The smallest absolute Gasteiger partial charge is 0.417 e. The van der Waals surface area contributed by atoms with Gasteiger partial charge in [0.15, 0.2) is 0 Å². The summed E-state index contributed by atoms with van der Waals surface area (Å²) in [6.07, 6.45) is -4.25. The average Bonchev–Trinajstić information content (AvgIpc) is 2.51. The summed E-state index contributed by atoms with van der Waals surface area (Å²) < 4.78 is 45.2. The Hall–Kier alpha value is -2.64. The number of fused-ring (bicyclic) bond motifs is 1. The normalized spacial score (nSPS) is 11.6. The SMILES string of the molecule is CC(C)OC(=O)CCNC(=O)c1cnc2ccccc2c1C(F)(F)F. The summed E-state index contributed by atoms with van der Waals surface area (Å²) in [4.78, 5) is 27.5. The number of esters is 1. The van der Waals surface area contributed by atoms with Gasteiger partial charge in [0.25, 0.3) is 5.91 Å². The number of hydrogen-bond donors (Lipinski definition) is 1. The van der Waals surface area contributed by atoms with E-state index in [1.807, 2.05) is 0 Å². The highest BCUT2D eigenvalue weighted by molar-refractivity contribution is 6.00. The number of pyridine rings is 1. The molecular formula is C17H17F3N2O3. The third-order valence-electron chi connectivity index (χ3n) is 3.29. The molecule has 0 radical (unpaired) electrons. The molecule has 8 heteroatoms. The second-order valence-electron chi connectivity index (χ2n) is 5.61. The van der Waals surface area contributed by atoms with Crippen LogP contribution in [0.15, 0.2) is 30.5 Å². The van der Waals surface area contributed by atoms with Gasteiger partial charge in [-0.3, -0.25) is 14.6 Å². The van der Waals surface area contributed by atoms with Gasteiger partial charge in [-0.1, -0.05) is 18.2 Å². The van der Waals surface area contributed by atoms with Crippen LogP contribution < -0.4 is 5.32 Å². The Labute approximate surface area is 142 Å². The molecule has 0 saturated heterocycles. The molecule has 0 spiro atoms. The quantitative estimate of drug-likeness (QED) is 0.837. The molecule has 2 rings (SSSR count). The fourth-order valence-electron chi connectivity index (χ4n) is 2.31. The van der Waals surface area contributed by atoms with E-state index in [0.29, 0.717) is 0 Å². The van der Waals surface area contributed by atoms with Gasteiger partial charge in [0, 0.05) is 18.1 Å². The van der Waals surface area contributed by atoms with Crippen molar-refractivity contribution in [3.63, 3.8) is 0 Å². The monoisotopic (exact) mass is 354 g/mol. The van der Waals surface area contributed by atoms with Crippen LogP contribution in [-0.4, -0.2) is 29.5 Å². The number of para-hydroxylation sites is 1. The van der Waals surface area contributed by atoms with Crippen molar-refractivity contribution in [2.75, 3.05) is 6.54 Å². The highest BCUT2D eigenvalue weighted by atomic mass is 19.4. The summed E-state index contributed by atoms with van der Waals surface area (Å²) in [6, 6.07) is 5.72. The maximum absolute atomic E-state index is 13.5. The topological polar surface area (TPSA) is 68.3 Å². The number of rotatable bonds is 5. The molecule has 1 amide bonds. The zero-order valence-electron chi connectivity index (χ0n) is 13.7. The Balaban J connectivity index is 2.22. The molecule has 134 valence electrons. The zero-order chi connectivity index (χ0) is 18.6. The van der Waals surface area contributed by atoms with Gasteiger partial charge in [0.1, 0.15) is 0 Å². The maximum atomic E-state index is 13.5. The van der Waals surface area contributed by atoms with Gasteiger partial charge in [0.05, 0.1) is 29.2 Å². The van der Waals surface area contributed by atoms with E-state index >= 15 is 0 Å². The first-order chi connectivity index (χ1) is 11.7. The summed E-state index contributed by atoms with van der Waals surface area (Å²) in [5.74, 6) is -1.48. The lowest BCUT2D eigenvalue weighted by Crippen LogP contribution is -2.29. The van der Waals surface area contributed by atoms with Crippen molar-refractivity contribution >= 4 is 22.8 Å². The Morgan fingerprint density at radius 3 is 2.56 bits per heavy atom. The summed E-state index contributed by atoms with van der Waals surface area (Å²) in [5.41, 5.74) is -1.48. The minimum absolute atomic E-state index is 0.130. The minimum atomic E-state index is -4.72. The van der Waals surface area contributed by atoms with Crippen molar-refractivity contribution in [1.82, 2.24) is 10.3 Å². The van der Waals surface area contributed by atoms with Crippen LogP contribution in [0.4, 0.5) is 13.2 Å². The van der Waals surface area contributed by atoms with Crippen molar-refractivity contribution in [3.05, 3.63) is 41.6 Å². The largest absolute Gasteiger partial charge is 0.463 e. The fraction of sp³-hybridized carbons (Fsp3) is 0.353. The minimum Gasteiger partial charge on any atom is -0.463 e. The molecule has 1 heterocycles. The Bertz CT molecular complexity index is 788. The molecule has 0 aliphatic heterocycles. The highest BCUT2D eigenvalue weighted by Gasteiger charge is 2.37. The number of alkyl halides is 3. The first-order valence-electron chi connectivity index (χ1n) is 7.62. The van der Waals surface area contributed by atoms with E-state index < -0.39 is 29.2 Å². The summed E-state index contributed by atoms with van der Waals surface area (Å²) in [6.45, 7) is 3.22. The molecule has 1 N–H and O–H groups in total. The van der Waals surface area contributed by atoms with E-state index in [4.69, 9.17) is 4.74 Å². The third kappa shape index (κ3) is 4.68. The van der Waals surface area contributed by atoms with Crippen LogP contribution in [0.2, 0.25) is 0 Å². The van der Waals surface area contributed by atoms with E-state index in [1.54, 1.807) is 19.9 Å². The van der Waals surface area contributed by atoms with Crippen LogP contribution in [0.1, 0.15) is 36.2 Å². The van der Waals surface area contributed by atoms with Gasteiger partial charge in [-0.15, -0.1) is 0 Å². The van der Waals surface area contributed by atoms with E-state index in [9.17, 15) is 22.8 Å². The number of benzene rings is 1. The lowest BCUT2D eigenvalue weighted by Gasteiger charge is -2.15. The second kappa shape index (κ2) is 7.50. The molecule has 0 aliphatic carbocycles. The maximum Gasteiger partial charge on any atom is 0.417 e. The van der Waals surface area contributed by atoms with Gasteiger partial charge in [-0.25, -0.2) is 0 Å². The molecule has 0 fully saturated rings. The fourth-order valence-corrected chi connectivity index (χ4v) is 2.31. The number of carbonyl (C=O) groups is 2. The third-order valence-corrected chi connectivity index (χ3v) is 3.29. The van der Waals surface area contributed by atoms with Crippen LogP contribution in [0, 0.1) is 0 Å². The average molecular weight is 354 g/mol. The molecule has 0 bridgehead atoms. The number of nitrogens with zero attached hydrogens (tertiary/aromatic N) is 1. The van der Waals surface area contributed by atoms with Gasteiger partial charge >= 0.3 is 12.1 Å². The van der Waals surface area contributed by atoms with Crippen molar-refractivity contribution in [2.24, 2.45) is 0 Å². The Morgan fingerprint density at radius 1 is 1.24 bits per heavy atom. The first kappa shape index (κ1) is 18.7. The van der Waals surface area contributed by atoms with Crippen LogP contribution >= 0.6 is 0 Å². The molecule has 0 saturated carbocycles. The molecule has 0 atom stereocenters. The van der Waals surface area contributed by atoms with Crippen LogP contribution in [0.5, 0.6) is 0 Å². The molecule has 2 aromatic rings. The number of halogens is 3. The second-order valence-corrected chi connectivity index (χ2v) is 5.61. The predicted octanol–water partition coefficient (Wildman–Crippen LogP) is 3.33. The molecule has 1 aromatic heterocycles. The molecule has 0 unspecified atom stereocenters.